The van der Waals surface area contributed by atoms with Gasteiger partial charge in [-0.3, -0.25) is 4.79 Å². The largest absolute Gasteiger partial charge is 0.299 e. The number of nitrogens with zero attached hydrogens (tertiary/aromatic N) is 1. The van der Waals surface area contributed by atoms with Crippen LogP contribution in [0.1, 0.15) is 32.6 Å². The predicted octanol–water partition coefficient (Wildman–Crippen LogP) is 3.22. The number of rotatable bonds is 3. The highest BCUT2D eigenvalue weighted by Crippen LogP contribution is 2.32. The van der Waals surface area contributed by atoms with Gasteiger partial charge in [0.05, 0.1) is 6.07 Å². The first kappa shape index (κ1) is 11.7. The van der Waals surface area contributed by atoms with E-state index in [9.17, 15) is 4.79 Å². The Hall–Kier alpha value is -0.370. The van der Waals surface area contributed by atoms with Gasteiger partial charge in [0, 0.05) is 22.0 Å². The molecule has 1 fully saturated rings. The molecule has 0 aliphatic heterocycles. The summed E-state index contributed by atoms with van der Waals surface area (Å²) >= 11 is 2.18. The van der Waals surface area contributed by atoms with E-state index in [-0.39, 0.29) is 5.92 Å². The van der Waals surface area contributed by atoms with Crippen LogP contribution in [-0.2, 0) is 4.79 Å². The zero-order valence-corrected chi connectivity index (χ0v) is 10.5. The molecule has 2 atom stereocenters. The maximum Gasteiger partial charge on any atom is 0.136 e. The summed E-state index contributed by atoms with van der Waals surface area (Å²) in [5.41, 5.74) is 0. The van der Waals surface area contributed by atoms with Crippen molar-refractivity contribution in [3.05, 3.63) is 9.66 Å². The van der Waals surface area contributed by atoms with Crippen LogP contribution >= 0.6 is 22.6 Å². The van der Waals surface area contributed by atoms with Gasteiger partial charge in [0.15, 0.2) is 0 Å². The SMILES string of the molecule is CC(C/C(I)=C/C#N)C1CCCC1=O. The van der Waals surface area contributed by atoms with Crippen LogP contribution in [0.5, 0.6) is 0 Å². The van der Waals surface area contributed by atoms with Crippen LogP contribution in [0, 0.1) is 23.2 Å². The second kappa shape index (κ2) is 5.50. The van der Waals surface area contributed by atoms with Gasteiger partial charge in [-0.05, 0) is 47.8 Å². The van der Waals surface area contributed by atoms with Gasteiger partial charge in [0.25, 0.3) is 0 Å². The molecule has 0 amide bonds. The lowest BCUT2D eigenvalue weighted by Gasteiger charge is -2.16. The Morgan fingerprint density at radius 2 is 2.57 bits per heavy atom. The van der Waals surface area contributed by atoms with Crippen molar-refractivity contribution in [2.24, 2.45) is 11.8 Å². The van der Waals surface area contributed by atoms with E-state index in [0.29, 0.717) is 11.7 Å². The van der Waals surface area contributed by atoms with Crippen molar-refractivity contribution < 1.29 is 4.79 Å². The summed E-state index contributed by atoms with van der Waals surface area (Å²) in [4.78, 5) is 11.5. The summed E-state index contributed by atoms with van der Waals surface area (Å²) in [7, 11) is 0. The first-order chi connectivity index (χ1) is 6.65. The molecule has 3 heteroatoms. The number of halogens is 1. The van der Waals surface area contributed by atoms with Crippen LogP contribution in [0.25, 0.3) is 0 Å². The number of hydrogen-bond donors (Lipinski definition) is 0. The van der Waals surface area contributed by atoms with Gasteiger partial charge >= 0.3 is 0 Å². The number of hydrogen-bond acceptors (Lipinski definition) is 2. The summed E-state index contributed by atoms with van der Waals surface area (Å²) in [6, 6.07) is 2.02. The summed E-state index contributed by atoms with van der Waals surface area (Å²) in [5.74, 6) is 1.05. The monoisotopic (exact) mass is 303 g/mol. The number of allylic oxidation sites excluding steroid dienone is 2. The molecule has 0 heterocycles. The molecule has 0 aromatic heterocycles. The summed E-state index contributed by atoms with van der Waals surface area (Å²) in [6.07, 6.45) is 5.28. The van der Waals surface area contributed by atoms with Gasteiger partial charge in [-0.1, -0.05) is 6.92 Å². The minimum atomic E-state index is 0.242. The smallest absolute Gasteiger partial charge is 0.136 e. The van der Waals surface area contributed by atoms with E-state index in [2.05, 4.69) is 29.5 Å². The average molecular weight is 303 g/mol. The van der Waals surface area contributed by atoms with Crippen LogP contribution in [-0.4, -0.2) is 5.78 Å². The van der Waals surface area contributed by atoms with E-state index in [4.69, 9.17) is 5.26 Å². The fourth-order valence-corrected chi connectivity index (χ4v) is 2.86. The topological polar surface area (TPSA) is 40.9 Å². The molecular weight excluding hydrogens is 289 g/mol. The van der Waals surface area contributed by atoms with E-state index in [1.807, 2.05) is 6.07 Å². The Morgan fingerprint density at radius 1 is 1.86 bits per heavy atom. The maximum atomic E-state index is 11.5. The van der Waals surface area contributed by atoms with Crippen LogP contribution in [0.2, 0.25) is 0 Å². The Labute approximate surface area is 98.5 Å². The van der Waals surface area contributed by atoms with E-state index in [0.717, 1.165) is 29.3 Å². The molecule has 76 valence electrons. The lowest BCUT2D eigenvalue weighted by Crippen LogP contribution is -2.15. The molecule has 1 aliphatic carbocycles. The van der Waals surface area contributed by atoms with Gasteiger partial charge in [-0.25, -0.2) is 0 Å². The lowest BCUT2D eigenvalue weighted by atomic mass is 9.89. The van der Waals surface area contributed by atoms with E-state index >= 15 is 0 Å². The van der Waals surface area contributed by atoms with Gasteiger partial charge in [-0.2, -0.15) is 5.26 Å². The van der Waals surface area contributed by atoms with E-state index in [1.165, 1.54) is 0 Å². The molecule has 1 saturated carbocycles. The molecule has 0 saturated heterocycles. The van der Waals surface area contributed by atoms with Crippen LogP contribution < -0.4 is 0 Å². The van der Waals surface area contributed by atoms with Crippen molar-refractivity contribution in [2.75, 3.05) is 0 Å². The van der Waals surface area contributed by atoms with Gasteiger partial charge in [-0.15, -0.1) is 0 Å². The minimum absolute atomic E-state index is 0.242. The standard InChI is InChI=1S/C11H14INO/c1-8(7-9(12)5-6-13)10-3-2-4-11(10)14/h5,8,10H,2-4,7H2,1H3/b9-5-. The number of Topliss-reactive ketones (excluding diaryl/α,β-unsaturated/α-hetero) is 1. The van der Waals surface area contributed by atoms with Crippen LogP contribution in [0.15, 0.2) is 9.66 Å². The number of nitriles is 1. The second-order valence-electron chi connectivity index (χ2n) is 3.87. The van der Waals surface area contributed by atoms with Crippen molar-refractivity contribution in [3.63, 3.8) is 0 Å². The third-order valence-corrected chi connectivity index (χ3v) is 3.53. The Kier molecular flexibility index (Phi) is 4.59. The van der Waals surface area contributed by atoms with Crippen molar-refractivity contribution in [2.45, 2.75) is 32.6 Å². The quantitative estimate of drug-likeness (QED) is 0.593. The average Bonchev–Trinajstić information content (AvgIpc) is 2.51. The van der Waals surface area contributed by atoms with Crippen molar-refractivity contribution in [1.82, 2.24) is 0 Å². The fraction of sp³-hybridized carbons (Fsp3) is 0.636. The van der Waals surface area contributed by atoms with E-state index < -0.39 is 0 Å². The highest BCUT2D eigenvalue weighted by molar-refractivity contribution is 14.1. The zero-order valence-electron chi connectivity index (χ0n) is 8.29. The fourth-order valence-electron chi connectivity index (χ4n) is 2.02. The highest BCUT2D eigenvalue weighted by Gasteiger charge is 2.29. The molecule has 0 aromatic carbocycles. The van der Waals surface area contributed by atoms with Crippen molar-refractivity contribution in [1.29, 1.82) is 5.26 Å². The molecule has 0 bridgehead atoms. The van der Waals surface area contributed by atoms with Gasteiger partial charge in [0.1, 0.15) is 5.78 Å². The molecule has 0 N–H and O–H groups in total. The molecule has 0 aromatic rings. The van der Waals surface area contributed by atoms with Gasteiger partial charge < -0.3 is 0 Å². The zero-order chi connectivity index (χ0) is 10.6. The third kappa shape index (κ3) is 3.09. The number of carbonyl (C=O) groups is 1. The van der Waals surface area contributed by atoms with Crippen molar-refractivity contribution >= 4 is 28.4 Å². The Morgan fingerprint density at radius 3 is 3.07 bits per heavy atom. The van der Waals surface area contributed by atoms with Gasteiger partial charge in [0.2, 0.25) is 0 Å². The Balaban J connectivity index is 2.50. The molecule has 2 unspecified atom stereocenters. The molecule has 0 radical (unpaired) electrons. The molecule has 14 heavy (non-hydrogen) atoms. The molecule has 1 aliphatic rings. The normalized spacial score (nSPS) is 24.8. The third-order valence-electron chi connectivity index (χ3n) is 2.78. The number of ketones is 1. The Bertz CT molecular complexity index is 290. The highest BCUT2D eigenvalue weighted by atomic mass is 127. The lowest BCUT2D eigenvalue weighted by molar-refractivity contribution is -0.121. The summed E-state index contributed by atoms with van der Waals surface area (Å²) < 4.78 is 1.05. The molecule has 0 spiro atoms. The van der Waals surface area contributed by atoms with Crippen molar-refractivity contribution in [3.8, 4) is 6.07 Å². The first-order valence-corrected chi connectivity index (χ1v) is 6.00. The van der Waals surface area contributed by atoms with Crippen LogP contribution in [0.3, 0.4) is 0 Å². The minimum Gasteiger partial charge on any atom is -0.299 e. The molecule has 2 nitrogen and oxygen atoms in total. The summed E-state index contributed by atoms with van der Waals surface area (Å²) in [6.45, 7) is 2.11. The number of carbonyl (C=O) groups excluding carboxylic acids is 1. The first-order valence-electron chi connectivity index (χ1n) is 4.92. The van der Waals surface area contributed by atoms with E-state index in [1.54, 1.807) is 6.08 Å². The summed E-state index contributed by atoms with van der Waals surface area (Å²) in [5, 5.41) is 8.47. The maximum absolute atomic E-state index is 11.5. The van der Waals surface area contributed by atoms with Crippen LogP contribution in [0.4, 0.5) is 0 Å². The molecular formula is C11H14INO. The second-order valence-corrected chi connectivity index (χ2v) is 5.25. The molecule has 1 rings (SSSR count). The predicted molar refractivity (Wildman–Crippen MR) is 63.8 cm³/mol.